The molecule has 5 nitrogen and oxygen atoms in total. The molecule has 2 heterocycles. The van der Waals surface area contributed by atoms with Gasteiger partial charge in [0.2, 0.25) is 0 Å². The smallest absolute Gasteiger partial charge is 0.347 e. The molecule has 0 atom stereocenters. The maximum atomic E-state index is 12.4. The highest BCUT2D eigenvalue weighted by molar-refractivity contribution is 5.98. The van der Waals surface area contributed by atoms with Gasteiger partial charge in [-0.15, -0.1) is 12.4 Å². The number of rotatable bonds is 4. The van der Waals surface area contributed by atoms with Gasteiger partial charge in [0.05, 0.1) is 0 Å². The Kier molecular flexibility index (Phi) is 6.02. The summed E-state index contributed by atoms with van der Waals surface area (Å²) in [5.41, 5.74) is 0.545. The van der Waals surface area contributed by atoms with Gasteiger partial charge in [0.25, 0.3) is 0 Å². The topological polar surface area (TPSA) is 70.8 Å². The molecule has 1 fully saturated rings. The van der Waals surface area contributed by atoms with Gasteiger partial charge in [-0.3, -0.25) is 4.79 Å². The Labute approximate surface area is 146 Å². The molecule has 0 saturated carbocycles. The fourth-order valence-electron chi connectivity index (χ4n) is 3.15. The SMILES string of the molecule is Cc1cc(O)cc2oc(=O)c(C(=O)CCN3CCCCC3)cc12.Cl. The number of phenolic OH excluding ortho intramolecular Hbond substituents is 1. The molecular weight excluding hydrogens is 330 g/mol. The molecule has 2 aromatic rings. The minimum atomic E-state index is -0.633. The number of aryl methyl sites for hydroxylation is 1. The van der Waals surface area contributed by atoms with Crippen molar-refractivity contribution in [3.8, 4) is 5.75 Å². The minimum Gasteiger partial charge on any atom is -0.508 e. The molecule has 3 rings (SSSR count). The number of fused-ring (bicyclic) bond motifs is 1. The number of nitrogens with zero attached hydrogens (tertiary/aromatic N) is 1. The van der Waals surface area contributed by atoms with Crippen LogP contribution in [0.4, 0.5) is 0 Å². The number of ketones is 1. The minimum absolute atomic E-state index is 0. The van der Waals surface area contributed by atoms with Crippen molar-refractivity contribution in [2.24, 2.45) is 0 Å². The number of piperidine rings is 1. The first kappa shape index (κ1) is 18.5. The largest absolute Gasteiger partial charge is 0.508 e. The van der Waals surface area contributed by atoms with Crippen molar-refractivity contribution >= 4 is 29.2 Å². The Morgan fingerprint density at radius 3 is 2.62 bits per heavy atom. The zero-order valence-corrected chi connectivity index (χ0v) is 14.5. The first-order valence-corrected chi connectivity index (χ1v) is 8.07. The van der Waals surface area contributed by atoms with Crippen LogP contribution in [0, 0.1) is 6.92 Å². The number of hydrogen-bond acceptors (Lipinski definition) is 5. The monoisotopic (exact) mass is 351 g/mol. The number of carbonyl (C=O) groups is 1. The Hall–Kier alpha value is -1.85. The molecule has 1 aromatic carbocycles. The Bertz CT molecular complexity index is 793. The van der Waals surface area contributed by atoms with Gasteiger partial charge in [-0.2, -0.15) is 0 Å². The summed E-state index contributed by atoms with van der Waals surface area (Å²) in [5.74, 6) is -0.138. The van der Waals surface area contributed by atoms with Gasteiger partial charge in [0, 0.05) is 24.4 Å². The number of benzene rings is 1. The molecule has 6 heteroatoms. The average Bonchev–Trinajstić information content (AvgIpc) is 2.53. The molecule has 0 radical (unpaired) electrons. The number of hydrogen-bond donors (Lipinski definition) is 1. The summed E-state index contributed by atoms with van der Waals surface area (Å²) in [6.45, 7) is 4.55. The van der Waals surface area contributed by atoms with Gasteiger partial charge in [-0.05, 0) is 50.6 Å². The lowest BCUT2D eigenvalue weighted by molar-refractivity contribution is 0.0955. The number of halogens is 1. The van der Waals surface area contributed by atoms with Crippen LogP contribution in [0.5, 0.6) is 5.75 Å². The van der Waals surface area contributed by atoms with Crippen LogP contribution in [0.1, 0.15) is 41.6 Å². The van der Waals surface area contributed by atoms with E-state index in [-0.39, 0.29) is 29.5 Å². The number of carbonyl (C=O) groups excluding carboxylic acids is 1. The predicted octanol–water partition coefficient (Wildman–Crippen LogP) is 3.29. The third-order valence-corrected chi connectivity index (χ3v) is 4.45. The standard InChI is InChI=1S/C18H21NO4.ClH/c1-12-9-13(20)10-17-14(12)11-15(18(22)23-17)16(21)5-8-19-6-3-2-4-7-19;/h9-11,20H,2-8H2,1H3;1H. The van der Waals surface area contributed by atoms with Gasteiger partial charge < -0.3 is 14.4 Å². The molecule has 1 aromatic heterocycles. The van der Waals surface area contributed by atoms with Crippen LogP contribution in [0.2, 0.25) is 0 Å². The molecule has 1 N–H and O–H groups in total. The highest BCUT2D eigenvalue weighted by Crippen LogP contribution is 2.24. The molecule has 0 aliphatic carbocycles. The molecule has 24 heavy (non-hydrogen) atoms. The van der Waals surface area contributed by atoms with Crippen LogP contribution in [0.3, 0.4) is 0 Å². The van der Waals surface area contributed by atoms with E-state index in [1.54, 1.807) is 12.1 Å². The summed E-state index contributed by atoms with van der Waals surface area (Å²) in [4.78, 5) is 26.7. The maximum Gasteiger partial charge on any atom is 0.347 e. The Morgan fingerprint density at radius 2 is 1.92 bits per heavy atom. The molecule has 130 valence electrons. The van der Waals surface area contributed by atoms with Gasteiger partial charge in [-0.1, -0.05) is 6.42 Å². The van der Waals surface area contributed by atoms with Gasteiger partial charge in [0.1, 0.15) is 16.9 Å². The van der Waals surface area contributed by atoms with E-state index in [0.717, 1.165) is 18.7 Å². The Balaban J connectivity index is 0.00000208. The van der Waals surface area contributed by atoms with Gasteiger partial charge in [0.15, 0.2) is 5.78 Å². The van der Waals surface area contributed by atoms with E-state index in [1.807, 2.05) is 6.92 Å². The summed E-state index contributed by atoms with van der Waals surface area (Å²) in [5, 5.41) is 10.3. The van der Waals surface area contributed by atoms with E-state index in [0.29, 0.717) is 23.9 Å². The van der Waals surface area contributed by atoms with Crippen molar-refractivity contribution in [1.29, 1.82) is 0 Å². The second-order valence-electron chi connectivity index (χ2n) is 6.20. The van der Waals surface area contributed by atoms with Crippen molar-refractivity contribution in [1.82, 2.24) is 4.90 Å². The lowest BCUT2D eigenvalue weighted by Gasteiger charge is -2.25. The molecule has 0 amide bonds. The van der Waals surface area contributed by atoms with Crippen LogP contribution < -0.4 is 5.63 Å². The van der Waals surface area contributed by atoms with Crippen LogP contribution in [0.15, 0.2) is 27.4 Å². The lowest BCUT2D eigenvalue weighted by Crippen LogP contribution is -2.32. The fourth-order valence-corrected chi connectivity index (χ4v) is 3.15. The van der Waals surface area contributed by atoms with Crippen molar-refractivity contribution in [2.45, 2.75) is 32.6 Å². The van der Waals surface area contributed by atoms with Gasteiger partial charge in [-0.25, -0.2) is 4.79 Å². The third-order valence-electron chi connectivity index (χ3n) is 4.45. The lowest BCUT2D eigenvalue weighted by atomic mass is 10.0. The maximum absolute atomic E-state index is 12.4. The highest BCUT2D eigenvalue weighted by atomic mass is 35.5. The quantitative estimate of drug-likeness (QED) is 0.676. The summed E-state index contributed by atoms with van der Waals surface area (Å²) in [7, 11) is 0. The van der Waals surface area contributed by atoms with Crippen LogP contribution >= 0.6 is 12.4 Å². The van der Waals surface area contributed by atoms with E-state index in [1.165, 1.54) is 25.3 Å². The number of phenols is 1. The summed E-state index contributed by atoms with van der Waals surface area (Å²) in [6.07, 6.45) is 3.93. The van der Waals surface area contributed by atoms with Crippen LogP contribution in [0.25, 0.3) is 11.0 Å². The molecule has 0 bridgehead atoms. The second kappa shape index (κ2) is 7.81. The summed E-state index contributed by atoms with van der Waals surface area (Å²) >= 11 is 0. The molecule has 1 aliphatic rings. The van der Waals surface area contributed by atoms with E-state index in [2.05, 4.69) is 4.90 Å². The van der Waals surface area contributed by atoms with E-state index in [4.69, 9.17) is 4.42 Å². The van der Waals surface area contributed by atoms with Crippen LogP contribution in [-0.4, -0.2) is 35.4 Å². The number of likely N-dealkylation sites (tertiary alicyclic amines) is 1. The number of aromatic hydroxyl groups is 1. The Morgan fingerprint density at radius 1 is 1.21 bits per heavy atom. The summed E-state index contributed by atoms with van der Waals surface area (Å²) in [6, 6.07) is 4.57. The van der Waals surface area contributed by atoms with Crippen LogP contribution in [-0.2, 0) is 0 Å². The summed E-state index contributed by atoms with van der Waals surface area (Å²) < 4.78 is 5.22. The zero-order chi connectivity index (χ0) is 16.4. The van der Waals surface area contributed by atoms with Crippen molar-refractivity contribution < 1.29 is 14.3 Å². The van der Waals surface area contributed by atoms with Gasteiger partial charge >= 0.3 is 5.63 Å². The van der Waals surface area contributed by atoms with E-state index in [9.17, 15) is 14.7 Å². The fraction of sp³-hybridized carbons (Fsp3) is 0.444. The predicted molar refractivity (Wildman–Crippen MR) is 95.4 cm³/mol. The van der Waals surface area contributed by atoms with Crippen molar-refractivity contribution in [3.63, 3.8) is 0 Å². The highest BCUT2D eigenvalue weighted by Gasteiger charge is 2.17. The number of Topliss-reactive ketones (excluding diaryl/α,β-unsaturated/α-hetero) is 1. The van der Waals surface area contributed by atoms with Crippen molar-refractivity contribution in [3.05, 3.63) is 39.7 Å². The second-order valence-corrected chi connectivity index (χ2v) is 6.20. The van der Waals surface area contributed by atoms with E-state index >= 15 is 0 Å². The third kappa shape index (κ3) is 3.97. The molecule has 1 saturated heterocycles. The van der Waals surface area contributed by atoms with E-state index < -0.39 is 5.63 Å². The molecular formula is C18H22ClNO4. The normalized spacial score (nSPS) is 15.2. The molecule has 0 spiro atoms. The first-order valence-electron chi connectivity index (χ1n) is 8.07. The molecule has 1 aliphatic heterocycles. The first-order chi connectivity index (χ1) is 11.0. The molecule has 0 unspecified atom stereocenters. The average molecular weight is 352 g/mol. The van der Waals surface area contributed by atoms with Crippen molar-refractivity contribution in [2.75, 3.05) is 19.6 Å². The zero-order valence-electron chi connectivity index (χ0n) is 13.7.